The molecule has 0 radical (unpaired) electrons. The summed E-state index contributed by atoms with van der Waals surface area (Å²) in [4.78, 5) is 10.3. The highest BCUT2D eigenvalue weighted by Gasteiger charge is 2.16. The summed E-state index contributed by atoms with van der Waals surface area (Å²) in [5.74, 6) is 0.702. The molecule has 284 valence electrons. The number of fused-ring (bicyclic) bond motifs is 7. The fourth-order valence-electron chi connectivity index (χ4n) is 9.24. The number of benzene rings is 10. The molecule has 0 saturated carbocycles. The van der Waals surface area contributed by atoms with E-state index in [1.54, 1.807) is 0 Å². The van der Waals surface area contributed by atoms with E-state index in [1.807, 2.05) is 18.2 Å². The molecule has 3 nitrogen and oxygen atoms in total. The summed E-state index contributed by atoms with van der Waals surface area (Å²) in [6, 6.07) is 80.5. The number of aromatic nitrogens is 3. The van der Waals surface area contributed by atoms with Gasteiger partial charge in [0.2, 0.25) is 0 Å². The number of nitrogens with zero attached hydrogens (tertiary/aromatic N) is 3. The Kier molecular flexibility index (Phi) is 8.17. The van der Waals surface area contributed by atoms with E-state index in [9.17, 15) is 0 Å². The minimum absolute atomic E-state index is 0.702. The molecular formula is C58H37N3. The van der Waals surface area contributed by atoms with Crippen molar-refractivity contribution in [3.05, 3.63) is 224 Å². The summed E-state index contributed by atoms with van der Waals surface area (Å²) in [5.41, 5.74) is 13.1. The van der Waals surface area contributed by atoms with E-state index in [1.165, 1.54) is 70.8 Å². The lowest BCUT2D eigenvalue weighted by Crippen LogP contribution is -1.96. The number of rotatable bonds is 6. The Morgan fingerprint density at radius 3 is 1.57 bits per heavy atom. The van der Waals surface area contributed by atoms with Gasteiger partial charge in [-0.2, -0.15) is 0 Å². The van der Waals surface area contributed by atoms with Crippen molar-refractivity contribution in [3.63, 3.8) is 0 Å². The van der Waals surface area contributed by atoms with Gasteiger partial charge in [0.15, 0.2) is 5.82 Å². The summed E-state index contributed by atoms with van der Waals surface area (Å²) >= 11 is 0. The SMILES string of the molecule is c1ccc(-c2nc(-c3ccc(-c4ccc5c(c4)c4ccccc4n5-c4ccccc4)cc3)cc(-c3ccc(-c4c5ccccc5cc5c4ccc4ccccc45)cc3)n2)cc1. The zero-order valence-electron chi connectivity index (χ0n) is 33.2. The lowest BCUT2D eigenvalue weighted by atomic mass is 9.89. The lowest BCUT2D eigenvalue weighted by molar-refractivity contribution is 1.18. The van der Waals surface area contributed by atoms with Gasteiger partial charge in [-0.3, -0.25) is 0 Å². The Hall–Kier alpha value is -8.14. The first kappa shape index (κ1) is 34.9. The zero-order valence-corrected chi connectivity index (χ0v) is 33.2. The summed E-state index contributed by atoms with van der Waals surface area (Å²) in [7, 11) is 0. The third-order valence-electron chi connectivity index (χ3n) is 12.2. The van der Waals surface area contributed by atoms with Crippen LogP contribution in [-0.2, 0) is 0 Å². The minimum Gasteiger partial charge on any atom is -0.309 e. The quantitative estimate of drug-likeness (QED) is 0.124. The van der Waals surface area contributed by atoms with Gasteiger partial charge in [-0.05, 0) is 97.0 Å². The van der Waals surface area contributed by atoms with E-state index in [2.05, 4.69) is 211 Å². The maximum Gasteiger partial charge on any atom is 0.160 e. The highest BCUT2D eigenvalue weighted by molar-refractivity contribution is 6.20. The Balaban J connectivity index is 0.934. The van der Waals surface area contributed by atoms with Crippen LogP contribution < -0.4 is 0 Å². The van der Waals surface area contributed by atoms with Crippen molar-refractivity contribution in [1.29, 1.82) is 0 Å². The van der Waals surface area contributed by atoms with Gasteiger partial charge in [0.1, 0.15) is 0 Å². The second-order valence-electron chi connectivity index (χ2n) is 15.8. The van der Waals surface area contributed by atoms with Gasteiger partial charge in [0, 0.05) is 33.2 Å². The Morgan fingerprint density at radius 2 is 0.836 bits per heavy atom. The highest BCUT2D eigenvalue weighted by atomic mass is 15.0. The predicted octanol–water partition coefficient (Wildman–Crippen LogP) is 15.4. The second-order valence-corrected chi connectivity index (χ2v) is 15.8. The van der Waals surface area contributed by atoms with Crippen molar-refractivity contribution in [2.24, 2.45) is 0 Å². The first-order chi connectivity index (χ1) is 30.2. The fraction of sp³-hybridized carbons (Fsp3) is 0. The van der Waals surface area contributed by atoms with Crippen LogP contribution >= 0.6 is 0 Å². The minimum atomic E-state index is 0.702. The molecule has 0 atom stereocenters. The van der Waals surface area contributed by atoms with Gasteiger partial charge in [0.25, 0.3) is 0 Å². The molecule has 2 aromatic heterocycles. The van der Waals surface area contributed by atoms with Crippen LogP contribution in [0, 0.1) is 0 Å². The van der Waals surface area contributed by atoms with Crippen molar-refractivity contribution >= 4 is 54.1 Å². The number of hydrogen-bond acceptors (Lipinski definition) is 2. The summed E-state index contributed by atoms with van der Waals surface area (Å²) in [5, 5.41) is 10.0. The molecule has 12 aromatic rings. The van der Waals surface area contributed by atoms with Crippen molar-refractivity contribution < 1.29 is 0 Å². The van der Waals surface area contributed by atoms with Gasteiger partial charge in [0.05, 0.1) is 22.4 Å². The molecule has 61 heavy (non-hydrogen) atoms. The van der Waals surface area contributed by atoms with Crippen LogP contribution in [0.4, 0.5) is 0 Å². The van der Waals surface area contributed by atoms with Crippen LogP contribution in [0.5, 0.6) is 0 Å². The first-order valence-electron chi connectivity index (χ1n) is 20.8. The topological polar surface area (TPSA) is 30.7 Å². The standard InChI is InChI=1S/C58H37N3/c1-3-14-43(15-4-1)58-59-53(40-25-23-38(24-26-40)44-32-34-56-52(35-44)49-21-11-12-22-55(49)61(56)46-17-5-2-6-18-46)37-54(60-58)41-27-29-42(30-28-41)57-48-20-10-8-16-45(48)36-51-47-19-9-7-13-39(47)31-33-50(51)57/h1-37H. The van der Waals surface area contributed by atoms with Crippen molar-refractivity contribution in [1.82, 2.24) is 14.5 Å². The van der Waals surface area contributed by atoms with E-state index >= 15 is 0 Å². The third kappa shape index (κ3) is 5.98. The molecule has 0 amide bonds. The van der Waals surface area contributed by atoms with E-state index < -0.39 is 0 Å². The summed E-state index contributed by atoms with van der Waals surface area (Å²) < 4.78 is 2.36. The maximum absolute atomic E-state index is 5.17. The van der Waals surface area contributed by atoms with E-state index in [4.69, 9.17) is 9.97 Å². The average Bonchev–Trinajstić information content (AvgIpc) is 3.67. The average molecular weight is 776 g/mol. The van der Waals surface area contributed by atoms with Gasteiger partial charge >= 0.3 is 0 Å². The van der Waals surface area contributed by atoms with E-state index in [0.29, 0.717) is 5.82 Å². The van der Waals surface area contributed by atoms with Crippen LogP contribution in [0.3, 0.4) is 0 Å². The molecule has 10 aromatic carbocycles. The van der Waals surface area contributed by atoms with E-state index in [0.717, 1.165) is 39.3 Å². The van der Waals surface area contributed by atoms with Crippen LogP contribution in [0.15, 0.2) is 224 Å². The number of para-hydroxylation sites is 2. The first-order valence-corrected chi connectivity index (χ1v) is 20.8. The zero-order chi connectivity index (χ0) is 40.3. The van der Waals surface area contributed by atoms with Crippen LogP contribution in [0.2, 0.25) is 0 Å². The molecule has 12 rings (SSSR count). The third-order valence-corrected chi connectivity index (χ3v) is 12.2. The predicted molar refractivity (Wildman–Crippen MR) is 256 cm³/mol. The molecule has 0 N–H and O–H groups in total. The maximum atomic E-state index is 5.17. The normalized spacial score (nSPS) is 11.6. The molecule has 0 aliphatic heterocycles. The molecule has 0 spiro atoms. The monoisotopic (exact) mass is 775 g/mol. The number of hydrogen-bond donors (Lipinski definition) is 0. The highest BCUT2D eigenvalue weighted by Crippen LogP contribution is 2.41. The summed E-state index contributed by atoms with van der Waals surface area (Å²) in [6.45, 7) is 0. The second kappa shape index (κ2) is 14.3. The van der Waals surface area contributed by atoms with E-state index in [-0.39, 0.29) is 0 Å². The van der Waals surface area contributed by atoms with Gasteiger partial charge < -0.3 is 4.57 Å². The molecule has 2 heterocycles. The largest absolute Gasteiger partial charge is 0.309 e. The molecule has 3 heteroatoms. The Labute approximate surface area is 353 Å². The van der Waals surface area contributed by atoms with Gasteiger partial charge in [-0.1, -0.05) is 182 Å². The van der Waals surface area contributed by atoms with Gasteiger partial charge in [-0.15, -0.1) is 0 Å². The molecule has 0 saturated heterocycles. The van der Waals surface area contributed by atoms with Crippen molar-refractivity contribution in [2.45, 2.75) is 0 Å². The van der Waals surface area contributed by atoms with Crippen LogP contribution in [0.1, 0.15) is 0 Å². The molecule has 0 unspecified atom stereocenters. The van der Waals surface area contributed by atoms with Crippen molar-refractivity contribution in [2.75, 3.05) is 0 Å². The van der Waals surface area contributed by atoms with Gasteiger partial charge in [-0.25, -0.2) is 9.97 Å². The molecule has 0 aliphatic rings. The molecule has 0 fully saturated rings. The smallest absolute Gasteiger partial charge is 0.160 e. The Bertz CT molecular complexity index is 3610. The lowest BCUT2D eigenvalue weighted by Gasteiger charge is -2.15. The van der Waals surface area contributed by atoms with Crippen LogP contribution in [-0.4, -0.2) is 14.5 Å². The molecule has 0 aliphatic carbocycles. The fourth-order valence-corrected chi connectivity index (χ4v) is 9.24. The van der Waals surface area contributed by atoms with Crippen LogP contribution in [0.25, 0.3) is 116 Å². The molecule has 0 bridgehead atoms. The summed E-state index contributed by atoms with van der Waals surface area (Å²) in [6.07, 6.45) is 0. The molecular weight excluding hydrogens is 739 g/mol. The van der Waals surface area contributed by atoms with Crippen molar-refractivity contribution in [3.8, 4) is 61.8 Å². The Morgan fingerprint density at radius 1 is 0.279 bits per heavy atom.